The lowest BCUT2D eigenvalue weighted by Crippen LogP contribution is -2.25. The van der Waals surface area contributed by atoms with E-state index in [9.17, 15) is 18.0 Å². The Labute approximate surface area is 101 Å². The molecule has 0 aliphatic carbocycles. The van der Waals surface area contributed by atoms with Gasteiger partial charge in [0.15, 0.2) is 17.6 Å². The number of ether oxygens (including phenoxy) is 3. The molecule has 0 fully saturated rings. The highest BCUT2D eigenvalue weighted by atomic mass is 19.4. The average molecular weight is 264 g/mol. The summed E-state index contributed by atoms with van der Waals surface area (Å²) in [6, 6.07) is 5.17. The van der Waals surface area contributed by atoms with Crippen LogP contribution in [0.4, 0.5) is 13.2 Å². The molecule has 0 aromatic heterocycles. The molecule has 0 saturated heterocycles. The van der Waals surface area contributed by atoms with E-state index in [-0.39, 0.29) is 5.75 Å². The maximum Gasteiger partial charge on any atom is 0.573 e. The summed E-state index contributed by atoms with van der Waals surface area (Å²) in [6.45, 7) is 1.36. The average Bonchev–Trinajstić information content (AvgIpc) is 2.28. The van der Waals surface area contributed by atoms with Crippen LogP contribution in [-0.4, -0.2) is 25.5 Å². The fourth-order valence-electron chi connectivity index (χ4n) is 1.16. The topological polar surface area (TPSA) is 44.8 Å². The highest BCUT2D eigenvalue weighted by Crippen LogP contribution is 2.32. The SMILES string of the molecule is COC(=O)C(C)Oc1ccccc1OC(F)(F)F. The van der Waals surface area contributed by atoms with E-state index in [4.69, 9.17) is 4.74 Å². The number of hydrogen-bond acceptors (Lipinski definition) is 4. The smallest absolute Gasteiger partial charge is 0.475 e. The predicted octanol–water partition coefficient (Wildman–Crippen LogP) is 2.53. The molecule has 0 heterocycles. The fourth-order valence-corrected chi connectivity index (χ4v) is 1.16. The van der Waals surface area contributed by atoms with E-state index in [1.807, 2.05) is 0 Å². The third-order valence-electron chi connectivity index (χ3n) is 1.91. The molecule has 0 radical (unpaired) electrons. The molecule has 0 saturated carbocycles. The van der Waals surface area contributed by atoms with Crippen LogP contribution in [0, 0.1) is 0 Å². The van der Waals surface area contributed by atoms with E-state index >= 15 is 0 Å². The second-order valence-corrected chi connectivity index (χ2v) is 3.28. The largest absolute Gasteiger partial charge is 0.573 e. The molecule has 1 aromatic carbocycles. The number of alkyl halides is 3. The number of para-hydroxylation sites is 2. The first-order chi connectivity index (χ1) is 8.33. The van der Waals surface area contributed by atoms with Crippen LogP contribution in [0.25, 0.3) is 0 Å². The molecule has 100 valence electrons. The van der Waals surface area contributed by atoms with Gasteiger partial charge >= 0.3 is 12.3 Å². The first-order valence-corrected chi connectivity index (χ1v) is 4.92. The Balaban J connectivity index is 2.85. The first-order valence-electron chi connectivity index (χ1n) is 4.92. The van der Waals surface area contributed by atoms with Crippen molar-refractivity contribution in [2.45, 2.75) is 19.4 Å². The van der Waals surface area contributed by atoms with Crippen LogP contribution in [0.15, 0.2) is 24.3 Å². The van der Waals surface area contributed by atoms with Gasteiger partial charge in [-0.25, -0.2) is 4.79 Å². The zero-order chi connectivity index (χ0) is 13.8. The number of carbonyl (C=O) groups is 1. The molecule has 1 rings (SSSR count). The van der Waals surface area contributed by atoms with E-state index in [1.54, 1.807) is 0 Å². The summed E-state index contributed by atoms with van der Waals surface area (Å²) in [7, 11) is 1.15. The minimum absolute atomic E-state index is 0.187. The van der Waals surface area contributed by atoms with Crippen LogP contribution in [0.3, 0.4) is 0 Å². The number of carbonyl (C=O) groups excluding carboxylic acids is 1. The lowest BCUT2D eigenvalue weighted by molar-refractivity contribution is -0.275. The van der Waals surface area contributed by atoms with Crippen LogP contribution >= 0.6 is 0 Å². The quantitative estimate of drug-likeness (QED) is 0.784. The lowest BCUT2D eigenvalue weighted by Gasteiger charge is -2.16. The maximum absolute atomic E-state index is 12.1. The lowest BCUT2D eigenvalue weighted by atomic mass is 10.3. The summed E-state index contributed by atoms with van der Waals surface area (Å²) in [4.78, 5) is 11.1. The van der Waals surface area contributed by atoms with Crippen LogP contribution < -0.4 is 9.47 Å². The van der Waals surface area contributed by atoms with Crippen molar-refractivity contribution in [1.82, 2.24) is 0 Å². The van der Waals surface area contributed by atoms with Crippen molar-refractivity contribution >= 4 is 5.97 Å². The van der Waals surface area contributed by atoms with Gasteiger partial charge in [-0.15, -0.1) is 13.2 Å². The van der Waals surface area contributed by atoms with Gasteiger partial charge in [-0.1, -0.05) is 12.1 Å². The first kappa shape index (κ1) is 14.1. The molecule has 0 N–H and O–H groups in total. The van der Waals surface area contributed by atoms with Gasteiger partial charge in [0.2, 0.25) is 0 Å². The fraction of sp³-hybridized carbons (Fsp3) is 0.364. The molecule has 0 aliphatic heterocycles. The summed E-state index contributed by atoms with van der Waals surface area (Å²) in [5.41, 5.74) is 0. The molecule has 0 bridgehead atoms. The normalized spacial score (nSPS) is 12.7. The summed E-state index contributed by atoms with van der Waals surface area (Å²) < 4.78 is 49.6. The van der Waals surface area contributed by atoms with Gasteiger partial charge in [-0.3, -0.25) is 0 Å². The van der Waals surface area contributed by atoms with Gasteiger partial charge in [0, 0.05) is 0 Å². The molecule has 0 amide bonds. The van der Waals surface area contributed by atoms with Crippen LogP contribution in [-0.2, 0) is 9.53 Å². The third kappa shape index (κ3) is 4.15. The van der Waals surface area contributed by atoms with E-state index in [1.165, 1.54) is 25.1 Å². The molecule has 1 aromatic rings. The molecule has 4 nitrogen and oxygen atoms in total. The predicted molar refractivity (Wildman–Crippen MR) is 55.2 cm³/mol. The van der Waals surface area contributed by atoms with Crippen molar-refractivity contribution in [3.05, 3.63) is 24.3 Å². The minimum Gasteiger partial charge on any atom is -0.475 e. The highest BCUT2D eigenvalue weighted by Gasteiger charge is 2.32. The maximum atomic E-state index is 12.1. The second kappa shape index (κ2) is 5.61. The van der Waals surface area contributed by atoms with E-state index in [0.717, 1.165) is 13.2 Å². The molecule has 7 heteroatoms. The summed E-state index contributed by atoms with van der Waals surface area (Å²) in [6.07, 6.45) is -5.86. The van der Waals surface area contributed by atoms with Gasteiger partial charge in [-0.05, 0) is 19.1 Å². The second-order valence-electron chi connectivity index (χ2n) is 3.28. The van der Waals surface area contributed by atoms with Crippen LogP contribution in [0.1, 0.15) is 6.92 Å². The van der Waals surface area contributed by atoms with Crippen molar-refractivity contribution < 1.29 is 32.2 Å². The number of benzene rings is 1. The van der Waals surface area contributed by atoms with E-state index in [2.05, 4.69) is 9.47 Å². The molecule has 18 heavy (non-hydrogen) atoms. The Morgan fingerprint density at radius 1 is 1.22 bits per heavy atom. The van der Waals surface area contributed by atoms with Crippen molar-refractivity contribution in [3.63, 3.8) is 0 Å². The summed E-state index contributed by atoms with van der Waals surface area (Å²) in [5, 5.41) is 0. The number of hydrogen-bond donors (Lipinski definition) is 0. The zero-order valence-electron chi connectivity index (χ0n) is 9.65. The minimum atomic E-state index is -4.83. The van der Waals surface area contributed by atoms with E-state index < -0.39 is 24.2 Å². The molecule has 1 unspecified atom stereocenters. The molecular weight excluding hydrogens is 253 g/mol. The van der Waals surface area contributed by atoms with Gasteiger partial charge in [0.1, 0.15) is 0 Å². The third-order valence-corrected chi connectivity index (χ3v) is 1.91. The number of esters is 1. The van der Waals surface area contributed by atoms with Crippen molar-refractivity contribution in [3.8, 4) is 11.5 Å². The van der Waals surface area contributed by atoms with Crippen molar-refractivity contribution in [1.29, 1.82) is 0 Å². The number of methoxy groups -OCH3 is 1. The zero-order valence-corrected chi connectivity index (χ0v) is 9.65. The van der Waals surface area contributed by atoms with Crippen LogP contribution in [0.5, 0.6) is 11.5 Å². The monoisotopic (exact) mass is 264 g/mol. The van der Waals surface area contributed by atoms with Gasteiger partial charge < -0.3 is 14.2 Å². The molecular formula is C11H11F3O4. The number of rotatable bonds is 4. The molecule has 0 aliphatic rings. The Morgan fingerprint density at radius 2 is 1.78 bits per heavy atom. The van der Waals surface area contributed by atoms with Crippen molar-refractivity contribution in [2.75, 3.05) is 7.11 Å². The summed E-state index contributed by atoms with van der Waals surface area (Å²) >= 11 is 0. The van der Waals surface area contributed by atoms with Gasteiger partial charge in [0.25, 0.3) is 0 Å². The summed E-state index contributed by atoms with van der Waals surface area (Å²) in [5.74, 6) is -1.40. The Bertz CT molecular complexity index is 417. The van der Waals surface area contributed by atoms with Gasteiger partial charge in [-0.2, -0.15) is 0 Å². The van der Waals surface area contributed by atoms with Crippen LogP contribution in [0.2, 0.25) is 0 Å². The Kier molecular flexibility index (Phi) is 4.41. The Hall–Kier alpha value is -1.92. The Morgan fingerprint density at radius 3 is 2.28 bits per heavy atom. The van der Waals surface area contributed by atoms with E-state index in [0.29, 0.717) is 0 Å². The van der Waals surface area contributed by atoms with Crippen molar-refractivity contribution in [2.24, 2.45) is 0 Å². The standard InChI is InChI=1S/C11H11F3O4/c1-7(10(15)16-2)17-8-5-3-4-6-9(8)18-11(12,13)14/h3-7H,1-2H3. The molecule has 1 atom stereocenters. The number of halogens is 3. The highest BCUT2D eigenvalue weighted by molar-refractivity contribution is 5.74. The van der Waals surface area contributed by atoms with Gasteiger partial charge in [0.05, 0.1) is 7.11 Å². The molecule has 0 spiro atoms.